The fourth-order valence-electron chi connectivity index (χ4n) is 2.56. The third-order valence-corrected chi connectivity index (χ3v) is 6.00. The predicted molar refractivity (Wildman–Crippen MR) is 111 cm³/mol. The molecule has 0 saturated carbocycles. The van der Waals surface area contributed by atoms with E-state index in [9.17, 15) is 18.0 Å². The van der Waals surface area contributed by atoms with Gasteiger partial charge in [0.25, 0.3) is 5.91 Å². The lowest BCUT2D eigenvalue weighted by Crippen LogP contribution is -2.25. The van der Waals surface area contributed by atoms with Crippen LogP contribution in [0.15, 0.2) is 52.3 Å². The molecule has 156 valence electrons. The Labute approximate surface area is 175 Å². The van der Waals surface area contributed by atoms with Gasteiger partial charge in [-0.3, -0.25) is 9.59 Å². The number of rotatable bonds is 9. The second-order valence-corrected chi connectivity index (χ2v) is 8.51. The molecule has 2 amide bonds. The average molecular weight is 439 g/mol. The highest BCUT2D eigenvalue weighted by Crippen LogP contribution is 2.29. The van der Waals surface area contributed by atoms with E-state index in [0.717, 1.165) is 0 Å². The number of hydrogen-bond acceptors (Lipinski definition) is 5. The number of halogens is 1. The number of ether oxygens (including phenoxy) is 1. The maximum Gasteiger partial charge on any atom is 0.251 e. The maximum absolute atomic E-state index is 13.0. The average Bonchev–Trinajstić information content (AvgIpc) is 2.67. The van der Waals surface area contributed by atoms with Gasteiger partial charge >= 0.3 is 0 Å². The first kappa shape index (κ1) is 22.9. The van der Waals surface area contributed by atoms with Gasteiger partial charge in [-0.1, -0.05) is 11.6 Å². The van der Waals surface area contributed by atoms with E-state index in [1.807, 2.05) is 6.92 Å². The summed E-state index contributed by atoms with van der Waals surface area (Å²) in [4.78, 5) is 23.9. The van der Waals surface area contributed by atoms with Crippen LogP contribution in [-0.4, -0.2) is 40.0 Å². The first-order valence-corrected chi connectivity index (χ1v) is 10.9. The molecule has 0 radical (unpaired) electrons. The molecule has 9 heteroatoms. The van der Waals surface area contributed by atoms with E-state index < -0.39 is 15.7 Å². The lowest BCUT2D eigenvalue weighted by atomic mass is 10.2. The minimum absolute atomic E-state index is 0.0293. The first-order valence-electron chi connectivity index (χ1n) is 9.04. The smallest absolute Gasteiger partial charge is 0.251 e. The number of sulfone groups is 1. The van der Waals surface area contributed by atoms with Crippen molar-refractivity contribution in [3.05, 3.63) is 53.1 Å². The van der Waals surface area contributed by atoms with Crippen molar-refractivity contribution in [2.24, 2.45) is 0 Å². The van der Waals surface area contributed by atoms with E-state index in [1.54, 1.807) is 0 Å². The second-order valence-electron chi connectivity index (χ2n) is 6.16. The molecule has 2 aromatic rings. The van der Waals surface area contributed by atoms with Crippen LogP contribution in [0, 0.1) is 0 Å². The molecule has 7 nitrogen and oxygen atoms in total. The molecule has 0 heterocycles. The monoisotopic (exact) mass is 438 g/mol. The first-order chi connectivity index (χ1) is 13.8. The van der Waals surface area contributed by atoms with Gasteiger partial charge in [0.05, 0.1) is 15.5 Å². The molecule has 0 spiro atoms. The highest BCUT2D eigenvalue weighted by atomic mass is 35.5. The molecule has 0 bridgehead atoms. The van der Waals surface area contributed by atoms with Gasteiger partial charge in [0.2, 0.25) is 15.7 Å². The minimum atomic E-state index is -3.92. The van der Waals surface area contributed by atoms with Gasteiger partial charge in [-0.05, 0) is 55.8 Å². The maximum atomic E-state index is 13.0. The van der Waals surface area contributed by atoms with Crippen molar-refractivity contribution in [1.82, 2.24) is 5.32 Å². The van der Waals surface area contributed by atoms with Crippen molar-refractivity contribution in [2.75, 3.05) is 25.1 Å². The molecule has 2 N–H and O–H groups in total. The normalized spacial score (nSPS) is 11.1. The summed E-state index contributed by atoms with van der Waals surface area (Å²) < 4.78 is 31.2. The minimum Gasteiger partial charge on any atom is -0.382 e. The van der Waals surface area contributed by atoms with Gasteiger partial charge in [0.15, 0.2) is 0 Å². The molecule has 0 unspecified atom stereocenters. The van der Waals surface area contributed by atoms with Crippen molar-refractivity contribution in [1.29, 1.82) is 0 Å². The van der Waals surface area contributed by atoms with Crippen LogP contribution in [0.3, 0.4) is 0 Å². The van der Waals surface area contributed by atoms with Gasteiger partial charge < -0.3 is 15.4 Å². The quantitative estimate of drug-likeness (QED) is 0.585. The lowest BCUT2D eigenvalue weighted by molar-refractivity contribution is -0.114. The Hall–Kier alpha value is -2.42. The zero-order chi connectivity index (χ0) is 21.4. The molecular weight excluding hydrogens is 416 g/mol. The highest BCUT2D eigenvalue weighted by molar-refractivity contribution is 7.91. The Balaban J connectivity index is 2.30. The molecule has 0 atom stereocenters. The standard InChI is InChI=1S/C20H23ClN2O5S/c1-3-28-12-4-11-22-20(25)15-5-10-19(18(13-15)23-14(2)24)29(26,27)17-8-6-16(21)7-9-17/h5-10,13H,3-4,11-12H2,1-2H3,(H,22,25)(H,23,24). The zero-order valence-corrected chi connectivity index (χ0v) is 17.8. The molecule has 0 aliphatic carbocycles. The number of amides is 2. The molecule has 0 saturated heterocycles. The van der Waals surface area contributed by atoms with E-state index in [4.69, 9.17) is 16.3 Å². The summed E-state index contributed by atoms with van der Waals surface area (Å²) in [5.41, 5.74) is 0.273. The Morgan fingerprint density at radius 2 is 1.79 bits per heavy atom. The van der Waals surface area contributed by atoms with Crippen LogP contribution in [-0.2, 0) is 19.4 Å². The fourth-order valence-corrected chi connectivity index (χ4v) is 4.08. The van der Waals surface area contributed by atoms with Gasteiger partial charge in [0.1, 0.15) is 0 Å². The summed E-state index contributed by atoms with van der Waals surface area (Å²) >= 11 is 5.83. The fraction of sp³-hybridized carbons (Fsp3) is 0.300. The molecule has 29 heavy (non-hydrogen) atoms. The summed E-state index contributed by atoms with van der Waals surface area (Å²) in [7, 11) is -3.92. The Morgan fingerprint density at radius 1 is 1.10 bits per heavy atom. The molecule has 0 aromatic heterocycles. The SMILES string of the molecule is CCOCCCNC(=O)c1ccc(S(=O)(=O)c2ccc(Cl)cc2)c(NC(C)=O)c1. The van der Waals surface area contributed by atoms with Crippen molar-refractivity contribution in [3.8, 4) is 0 Å². The van der Waals surface area contributed by atoms with E-state index in [-0.39, 0.29) is 26.9 Å². The third-order valence-electron chi connectivity index (χ3n) is 3.92. The van der Waals surface area contributed by atoms with Crippen LogP contribution in [0.1, 0.15) is 30.6 Å². The van der Waals surface area contributed by atoms with E-state index >= 15 is 0 Å². The topological polar surface area (TPSA) is 102 Å². The summed E-state index contributed by atoms with van der Waals surface area (Å²) in [6, 6.07) is 9.77. The molecule has 0 fully saturated rings. The van der Waals surface area contributed by atoms with E-state index in [0.29, 0.717) is 31.2 Å². The Bertz CT molecular complexity index is 975. The lowest BCUT2D eigenvalue weighted by Gasteiger charge is -2.13. The number of nitrogens with one attached hydrogen (secondary N) is 2. The Morgan fingerprint density at radius 3 is 2.41 bits per heavy atom. The number of hydrogen-bond donors (Lipinski definition) is 2. The number of benzene rings is 2. The third kappa shape index (κ3) is 6.28. The molecule has 2 rings (SSSR count). The van der Waals surface area contributed by atoms with Gasteiger partial charge in [-0.2, -0.15) is 0 Å². The van der Waals surface area contributed by atoms with Crippen LogP contribution in [0.2, 0.25) is 5.02 Å². The number of carbonyl (C=O) groups is 2. The van der Waals surface area contributed by atoms with Crippen LogP contribution < -0.4 is 10.6 Å². The number of carbonyl (C=O) groups excluding carboxylic acids is 2. The van der Waals surface area contributed by atoms with E-state index in [1.165, 1.54) is 49.4 Å². The van der Waals surface area contributed by atoms with Crippen molar-refractivity contribution in [2.45, 2.75) is 30.1 Å². The number of anilines is 1. The zero-order valence-electron chi connectivity index (χ0n) is 16.2. The van der Waals surface area contributed by atoms with Gasteiger partial charge in [-0.15, -0.1) is 0 Å². The van der Waals surface area contributed by atoms with Gasteiger partial charge in [0, 0.05) is 37.3 Å². The molecule has 0 aliphatic rings. The van der Waals surface area contributed by atoms with E-state index in [2.05, 4.69) is 10.6 Å². The molecule has 0 aliphatic heterocycles. The predicted octanol–water partition coefficient (Wildman–Crippen LogP) is 3.29. The van der Waals surface area contributed by atoms with Crippen LogP contribution in [0.25, 0.3) is 0 Å². The van der Waals surface area contributed by atoms with Crippen LogP contribution in [0.4, 0.5) is 5.69 Å². The summed E-state index contributed by atoms with van der Waals surface area (Å²) in [6.07, 6.45) is 0.654. The van der Waals surface area contributed by atoms with Crippen molar-refractivity contribution >= 4 is 38.9 Å². The second kappa shape index (κ2) is 10.4. The largest absolute Gasteiger partial charge is 0.382 e. The van der Waals surface area contributed by atoms with Crippen molar-refractivity contribution in [3.63, 3.8) is 0 Å². The highest BCUT2D eigenvalue weighted by Gasteiger charge is 2.23. The summed E-state index contributed by atoms with van der Waals surface area (Å²) in [6.45, 7) is 4.71. The van der Waals surface area contributed by atoms with Crippen LogP contribution in [0.5, 0.6) is 0 Å². The summed E-state index contributed by atoms with van der Waals surface area (Å²) in [5, 5.41) is 5.64. The Kier molecular flexibility index (Phi) is 8.19. The molecule has 2 aromatic carbocycles. The molecular formula is C20H23ClN2O5S. The van der Waals surface area contributed by atoms with Gasteiger partial charge in [-0.25, -0.2) is 8.42 Å². The van der Waals surface area contributed by atoms with Crippen molar-refractivity contribution < 1.29 is 22.7 Å². The van der Waals surface area contributed by atoms with Crippen LogP contribution >= 0.6 is 11.6 Å². The summed E-state index contributed by atoms with van der Waals surface area (Å²) in [5.74, 6) is -0.824.